The van der Waals surface area contributed by atoms with Crippen LogP contribution in [-0.4, -0.2) is 29.6 Å². The molecule has 0 saturated heterocycles. The average molecular weight is 365 g/mol. The van der Waals surface area contributed by atoms with Crippen LogP contribution in [0.25, 0.3) is 0 Å². The summed E-state index contributed by atoms with van der Waals surface area (Å²) >= 11 is 1.32. The second-order valence-corrected chi connectivity index (χ2v) is 7.12. The Kier molecular flexibility index (Phi) is 6.36. The summed E-state index contributed by atoms with van der Waals surface area (Å²) in [4.78, 5) is 37.3. The summed E-state index contributed by atoms with van der Waals surface area (Å²) in [5.41, 5.74) is 1.25. The van der Waals surface area contributed by atoms with Crippen molar-refractivity contribution in [2.24, 2.45) is 11.8 Å². The quantitative estimate of drug-likeness (QED) is 0.595. The van der Waals surface area contributed by atoms with Gasteiger partial charge in [0.05, 0.1) is 24.0 Å². The number of nitrogens with one attached hydrogen (secondary N) is 1. The van der Waals surface area contributed by atoms with Gasteiger partial charge in [0.2, 0.25) is 5.91 Å². The molecule has 1 amide bonds. The zero-order valence-corrected chi connectivity index (χ0v) is 15.4. The van der Waals surface area contributed by atoms with Crippen LogP contribution in [0.4, 0.5) is 5.00 Å². The van der Waals surface area contributed by atoms with E-state index in [1.165, 1.54) is 11.3 Å². The van der Waals surface area contributed by atoms with E-state index in [0.717, 1.165) is 10.4 Å². The van der Waals surface area contributed by atoms with Crippen LogP contribution < -0.4 is 5.32 Å². The number of allylic oxidation sites excluding steroid dienone is 2. The predicted molar refractivity (Wildman–Crippen MR) is 96.0 cm³/mol. The smallest absolute Gasteiger partial charge is 0.341 e. The summed E-state index contributed by atoms with van der Waals surface area (Å²) in [6.45, 7) is 5.81. The third-order valence-corrected chi connectivity index (χ3v) is 5.43. The summed E-state index contributed by atoms with van der Waals surface area (Å²) in [7, 11) is 0. The Hall–Kier alpha value is -2.15. The number of amides is 1. The number of rotatable bonds is 6. The Morgan fingerprint density at radius 2 is 1.88 bits per heavy atom. The summed E-state index contributed by atoms with van der Waals surface area (Å²) < 4.78 is 5.12. The zero-order chi connectivity index (χ0) is 18.6. The summed E-state index contributed by atoms with van der Waals surface area (Å²) in [5, 5.41) is 12.6. The number of ether oxygens (including phenoxy) is 1. The molecule has 0 aromatic carbocycles. The van der Waals surface area contributed by atoms with Crippen LogP contribution in [0.1, 0.15) is 47.5 Å². The van der Waals surface area contributed by atoms with Crippen LogP contribution in [-0.2, 0) is 20.7 Å². The first-order chi connectivity index (χ1) is 11.9. The number of aryl methyl sites for hydroxylation is 1. The third kappa shape index (κ3) is 4.10. The molecular formula is C18H23NO5S. The zero-order valence-electron chi connectivity index (χ0n) is 14.6. The maximum atomic E-state index is 12.7. The molecule has 0 spiro atoms. The average Bonchev–Trinajstić information content (AvgIpc) is 2.90. The van der Waals surface area contributed by atoms with Gasteiger partial charge in [0.15, 0.2) is 0 Å². The molecule has 0 aliphatic heterocycles. The minimum absolute atomic E-state index is 0.249. The van der Waals surface area contributed by atoms with Gasteiger partial charge >= 0.3 is 11.9 Å². The van der Waals surface area contributed by atoms with Gasteiger partial charge in [0, 0.05) is 4.88 Å². The fourth-order valence-electron chi connectivity index (χ4n) is 3.09. The Bertz CT molecular complexity index is 707. The normalized spacial score (nSPS) is 19.5. The van der Waals surface area contributed by atoms with E-state index in [9.17, 15) is 19.5 Å². The molecule has 2 rings (SSSR count). The van der Waals surface area contributed by atoms with Crippen molar-refractivity contribution in [3.8, 4) is 0 Å². The van der Waals surface area contributed by atoms with Crippen LogP contribution in [0.15, 0.2) is 12.2 Å². The summed E-state index contributed by atoms with van der Waals surface area (Å²) in [6, 6.07) is 0. The highest BCUT2D eigenvalue weighted by molar-refractivity contribution is 7.16. The molecule has 1 aliphatic carbocycles. The van der Waals surface area contributed by atoms with Gasteiger partial charge in [0.25, 0.3) is 0 Å². The molecule has 1 heterocycles. The van der Waals surface area contributed by atoms with Crippen molar-refractivity contribution < 1.29 is 24.2 Å². The van der Waals surface area contributed by atoms with Crippen molar-refractivity contribution in [1.29, 1.82) is 0 Å². The molecule has 1 aromatic heterocycles. The Labute approximate surface area is 150 Å². The first kappa shape index (κ1) is 19.2. The minimum atomic E-state index is -0.980. The van der Waals surface area contributed by atoms with E-state index in [4.69, 9.17) is 4.74 Å². The lowest BCUT2D eigenvalue weighted by Crippen LogP contribution is -2.34. The summed E-state index contributed by atoms with van der Waals surface area (Å²) in [6.07, 6.45) is 4.98. The molecule has 7 heteroatoms. The maximum absolute atomic E-state index is 12.7. The number of hydrogen-bond acceptors (Lipinski definition) is 5. The third-order valence-electron chi connectivity index (χ3n) is 4.37. The topological polar surface area (TPSA) is 92.7 Å². The highest BCUT2D eigenvalue weighted by Gasteiger charge is 2.35. The maximum Gasteiger partial charge on any atom is 0.341 e. The van der Waals surface area contributed by atoms with Crippen LogP contribution >= 0.6 is 11.3 Å². The SMILES string of the molecule is CCOC(=O)c1c(NC(=O)[C@H]2CC=CC[C@@H]2C(=O)O)sc(C)c1CC. The monoisotopic (exact) mass is 365 g/mol. The second kappa shape index (κ2) is 8.29. The molecule has 1 aliphatic rings. The lowest BCUT2D eigenvalue weighted by Gasteiger charge is -2.24. The molecule has 2 N–H and O–H groups in total. The number of hydrogen-bond donors (Lipinski definition) is 2. The van der Waals surface area contributed by atoms with Gasteiger partial charge in [-0.3, -0.25) is 9.59 Å². The van der Waals surface area contributed by atoms with E-state index in [0.29, 0.717) is 29.8 Å². The Morgan fingerprint density at radius 1 is 1.24 bits per heavy atom. The lowest BCUT2D eigenvalue weighted by atomic mass is 9.82. The first-order valence-corrected chi connectivity index (χ1v) is 9.20. The molecule has 0 saturated carbocycles. The van der Waals surface area contributed by atoms with Crippen molar-refractivity contribution in [1.82, 2.24) is 0 Å². The van der Waals surface area contributed by atoms with Crippen LogP contribution in [0.2, 0.25) is 0 Å². The molecule has 2 atom stereocenters. The van der Waals surface area contributed by atoms with E-state index < -0.39 is 23.8 Å². The number of esters is 1. The van der Waals surface area contributed by atoms with Crippen molar-refractivity contribution in [3.63, 3.8) is 0 Å². The van der Waals surface area contributed by atoms with Gasteiger partial charge < -0.3 is 15.2 Å². The lowest BCUT2D eigenvalue weighted by molar-refractivity contribution is -0.146. The number of carbonyl (C=O) groups excluding carboxylic acids is 2. The van der Waals surface area contributed by atoms with E-state index in [-0.39, 0.29) is 12.5 Å². The molecule has 1 aromatic rings. The fraction of sp³-hybridized carbons (Fsp3) is 0.500. The van der Waals surface area contributed by atoms with Crippen LogP contribution in [0, 0.1) is 18.8 Å². The standard InChI is InChI=1S/C18H23NO5S/c1-4-11-10(3)25-16(14(11)18(23)24-5-2)19-15(20)12-8-6-7-9-13(12)17(21)22/h6-7,12-13H,4-5,8-9H2,1-3H3,(H,19,20)(H,21,22)/t12-,13-/m0/s1. The minimum Gasteiger partial charge on any atom is -0.481 e. The van der Waals surface area contributed by atoms with E-state index in [1.54, 1.807) is 13.0 Å². The highest BCUT2D eigenvalue weighted by Crippen LogP contribution is 2.35. The fourth-order valence-corrected chi connectivity index (χ4v) is 4.23. The van der Waals surface area contributed by atoms with Gasteiger partial charge in [-0.25, -0.2) is 4.79 Å². The molecule has 0 bridgehead atoms. The molecule has 6 nitrogen and oxygen atoms in total. The number of aliphatic carboxylic acids is 1. The molecule has 0 radical (unpaired) electrons. The van der Waals surface area contributed by atoms with Gasteiger partial charge in [-0.2, -0.15) is 0 Å². The molecular weight excluding hydrogens is 342 g/mol. The highest BCUT2D eigenvalue weighted by atomic mass is 32.1. The molecule has 0 fully saturated rings. The van der Waals surface area contributed by atoms with E-state index >= 15 is 0 Å². The Balaban J connectivity index is 2.30. The van der Waals surface area contributed by atoms with Crippen molar-refractivity contribution >= 4 is 34.2 Å². The number of anilines is 1. The van der Waals surface area contributed by atoms with E-state index in [1.807, 2.05) is 19.9 Å². The van der Waals surface area contributed by atoms with Gasteiger partial charge in [-0.15, -0.1) is 11.3 Å². The van der Waals surface area contributed by atoms with Crippen molar-refractivity contribution in [2.75, 3.05) is 11.9 Å². The second-order valence-electron chi connectivity index (χ2n) is 5.90. The van der Waals surface area contributed by atoms with Gasteiger partial charge in [-0.1, -0.05) is 19.1 Å². The van der Waals surface area contributed by atoms with E-state index in [2.05, 4.69) is 5.32 Å². The molecule has 25 heavy (non-hydrogen) atoms. The summed E-state index contributed by atoms with van der Waals surface area (Å²) in [5.74, 6) is -3.21. The van der Waals surface area contributed by atoms with Crippen molar-refractivity contribution in [3.05, 3.63) is 28.2 Å². The first-order valence-electron chi connectivity index (χ1n) is 8.38. The van der Waals surface area contributed by atoms with Crippen LogP contribution in [0.3, 0.4) is 0 Å². The molecule has 0 unspecified atom stereocenters. The van der Waals surface area contributed by atoms with Crippen molar-refractivity contribution in [2.45, 2.75) is 40.0 Å². The number of carboxylic acids is 1. The Morgan fingerprint density at radius 3 is 2.44 bits per heavy atom. The largest absolute Gasteiger partial charge is 0.481 e. The van der Waals surface area contributed by atoms with Crippen LogP contribution in [0.5, 0.6) is 0 Å². The molecule has 136 valence electrons. The number of carbonyl (C=O) groups is 3. The number of thiophene rings is 1. The predicted octanol–water partition coefficient (Wildman–Crippen LogP) is 3.40. The number of carboxylic acid groups (broad SMARTS) is 1. The van der Waals surface area contributed by atoms with Gasteiger partial charge in [0.1, 0.15) is 5.00 Å². The van der Waals surface area contributed by atoms with Gasteiger partial charge in [-0.05, 0) is 38.7 Å².